The van der Waals surface area contributed by atoms with E-state index >= 15 is 0 Å². The van der Waals surface area contributed by atoms with Gasteiger partial charge >= 0.3 is 6.09 Å². The number of ether oxygens (including phenoxy) is 1. The van der Waals surface area contributed by atoms with Gasteiger partial charge in [0.15, 0.2) is 0 Å². The molecule has 0 aliphatic carbocycles. The van der Waals surface area contributed by atoms with E-state index in [1.165, 1.54) is 7.05 Å². The van der Waals surface area contributed by atoms with Gasteiger partial charge in [-0.3, -0.25) is 4.99 Å². The molecule has 0 aromatic heterocycles. The zero-order chi connectivity index (χ0) is 17.7. The van der Waals surface area contributed by atoms with Crippen molar-refractivity contribution in [2.24, 2.45) is 4.99 Å². The zero-order valence-electron chi connectivity index (χ0n) is 14.3. The molecule has 126 valence electrons. The van der Waals surface area contributed by atoms with E-state index in [4.69, 9.17) is 4.74 Å². The fraction of sp³-hybridized carbons (Fsp3) is 0.263. The van der Waals surface area contributed by atoms with E-state index in [1.807, 2.05) is 12.1 Å². The van der Waals surface area contributed by atoms with Crippen LogP contribution >= 0.6 is 0 Å². The number of carbonyl (C=O) groups excluding carboxylic acids is 1. The largest absolute Gasteiger partial charge is 0.507 e. The van der Waals surface area contributed by atoms with E-state index in [2.05, 4.69) is 31.1 Å². The summed E-state index contributed by atoms with van der Waals surface area (Å²) in [5.74, 6) is 0.638. The summed E-state index contributed by atoms with van der Waals surface area (Å²) in [6.07, 6.45) is 1.11. The van der Waals surface area contributed by atoms with E-state index < -0.39 is 6.09 Å². The molecule has 0 bridgehead atoms. The highest BCUT2D eigenvalue weighted by molar-refractivity contribution is 5.85. The molecular weight excluding hydrogens is 304 g/mol. The Hall–Kier alpha value is -2.82. The van der Waals surface area contributed by atoms with E-state index in [9.17, 15) is 9.90 Å². The molecule has 0 atom stereocenters. The minimum atomic E-state index is -0.514. The molecule has 1 amide bonds. The molecule has 2 rings (SSSR count). The Labute approximate surface area is 142 Å². The molecule has 0 fully saturated rings. The van der Waals surface area contributed by atoms with E-state index in [1.54, 1.807) is 36.5 Å². The molecule has 0 saturated carbocycles. The standard InChI is InChI=1S/C19H22N2O3/c1-19(2,3)15-11-14(24-18(23)20-4)9-10-16(15)21-12-13-7-5-6-8-17(13)22/h5-12,22H,1-4H3,(H,20,23). The Balaban J connectivity index is 2.39. The fourth-order valence-corrected chi connectivity index (χ4v) is 2.19. The number of aromatic hydroxyl groups is 1. The Morgan fingerprint density at radius 2 is 1.92 bits per heavy atom. The van der Waals surface area contributed by atoms with Crippen molar-refractivity contribution < 1.29 is 14.6 Å². The predicted octanol–water partition coefficient (Wildman–Crippen LogP) is 4.16. The van der Waals surface area contributed by atoms with Crippen molar-refractivity contribution in [2.75, 3.05) is 7.05 Å². The number of aliphatic imine (C=N–C) groups is 1. The summed E-state index contributed by atoms with van der Waals surface area (Å²) in [4.78, 5) is 15.9. The number of nitrogens with one attached hydrogen (secondary N) is 1. The van der Waals surface area contributed by atoms with Crippen LogP contribution in [-0.4, -0.2) is 24.5 Å². The Kier molecular flexibility index (Phi) is 5.24. The number of para-hydroxylation sites is 1. The van der Waals surface area contributed by atoms with Crippen LogP contribution in [0.25, 0.3) is 0 Å². The van der Waals surface area contributed by atoms with Crippen molar-refractivity contribution in [3.63, 3.8) is 0 Å². The van der Waals surface area contributed by atoms with Crippen LogP contribution < -0.4 is 10.1 Å². The van der Waals surface area contributed by atoms with Crippen molar-refractivity contribution in [1.29, 1.82) is 0 Å². The van der Waals surface area contributed by atoms with E-state index in [-0.39, 0.29) is 11.2 Å². The summed E-state index contributed by atoms with van der Waals surface area (Å²) in [5, 5.41) is 12.3. The first-order chi connectivity index (χ1) is 11.3. The van der Waals surface area contributed by atoms with Crippen LogP contribution in [0.4, 0.5) is 10.5 Å². The molecule has 0 radical (unpaired) electrons. The smallest absolute Gasteiger partial charge is 0.412 e. The van der Waals surface area contributed by atoms with Crippen molar-refractivity contribution in [3.8, 4) is 11.5 Å². The molecule has 2 aromatic rings. The van der Waals surface area contributed by atoms with Gasteiger partial charge in [-0.05, 0) is 41.3 Å². The molecule has 0 aliphatic heterocycles. The fourth-order valence-electron chi connectivity index (χ4n) is 2.19. The van der Waals surface area contributed by atoms with Crippen LogP contribution in [0.2, 0.25) is 0 Å². The molecular formula is C19H22N2O3. The van der Waals surface area contributed by atoms with Crippen LogP contribution in [0.15, 0.2) is 47.5 Å². The minimum Gasteiger partial charge on any atom is -0.507 e. The topological polar surface area (TPSA) is 70.9 Å². The van der Waals surface area contributed by atoms with Crippen molar-refractivity contribution in [1.82, 2.24) is 5.32 Å². The van der Waals surface area contributed by atoms with Crippen LogP contribution in [0.1, 0.15) is 31.9 Å². The number of phenols is 1. The molecule has 0 spiro atoms. The lowest BCUT2D eigenvalue weighted by atomic mass is 9.85. The van der Waals surface area contributed by atoms with Gasteiger partial charge in [-0.15, -0.1) is 0 Å². The highest BCUT2D eigenvalue weighted by atomic mass is 16.5. The highest BCUT2D eigenvalue weighted by Gasteiger charge is 2.19. The van der Waals surface area contributed by atoms with Crippen LogP contribution in [0.3, 0.4) is 0 Å². The first kappa shape index (κ1) is 17.5. The molecule has 5 nitrogen and oxygen atoms in total. The number of hydrogen-bond donors (Lipinski definition) is 2. The van der Waals surface area contributed by atoms with Gasteiger partial charge in [0.25, 0.3) is 0 Å². The molecule has 0 heterocycles. The second kappa shape index (κ2) is 7.17. The number of hydrogen-bond acceptors (Lipinski definition) is 4. The first-order valence-electron chi connectivity index (χ1n) is 7.67. The average molecular weight is 326 g/mol. The molecule has 5 heteroatoms. The number of benzene rings is 2. The van der Waals surface area contributed by atoms with Crippen molar-refractivity contribution >= 4 is 18.0 Å². The van der Waals surface area contributed by atoms with Gasteiger partial charge in [-0.25, -0.2) is 4.79 Å². The molecule has 0 saturated heterocycles. The van der Waals surface area contributed by atoms with Crippen LogP contribution in [-0.2, 0) is 5.41 Å². The second-order valence-corrected chi connectivity index (χ2v) is 6.39. The van der Waals surface area contributed by atoms with Gasteiger partial charge in [0.1, 0.15) is 11.5 Å². The van der Waals surface area contributed by atoms with Gasteiger partial charge in [0.2, 0.25) is 0 Å². The van der Waals surface area contributed by atoms with Crippen molar-refractivity contribution in [3.05, 3.63) is 53.6 Å². The Morgan fingerprint density at radius 3 is 2.54 bits per heavy atom. The lowest BCUT2D eigenvalue weighted by Crippen LogP contribution is -2.22. The maximum atomic E-state index is 11.4. The first-order valence-corrected chi connectivity index (χ1v) is 7.67. The summed E-state index contributed by atoms with van der Waals surface area (Å²) in [6.45, 7) is 6.18. The number of phenolic OH excluding ortho intramolecular Hbond substituents is 1. The van der Waals surface area contributed by atoms with E-state index in [0.29, 0.717) is 11.3 Å². The van der Waals surface area contributed by atoms with Crippen LogP contribution in [0.5, 0.6) is 11.5 Å². The van der Waals surface area contributed by atoms with E-state index in [0.717, 1.165) is 11.3 Å². The Bertz CT molecular complexity index is 761. The lowest BCUT2D eigenvalue weighted by molar-refractivity contribution is 0.203. The third-order valence-corrected chi connectivity index (χ3v) is 3.47. The predicted molar refractivity (Wildman–Crippen MR) is 95.6 cm³/mol. The van der Waals surface area contributed by atoms with Gasteiger partial charge in [-0.1, -0.05) is 32.9 Å². The average Bonchev–Trinajstić information content (AvgIpc) is 2.54. The number of amides is 1. The third-order valence-electron chi connectivity index (χ3n) is 3.47. The van der Waals surface area contributed by atoms with Gasteiger partial charge in [0.05, 0.1) is 5.69 Å². The molecule has 0 aliphatic rings. The lowest BCUT2D eigenvalue weighted by Gasteiger charge is -2.22. The monoisotopic (exact) mass is 326 g/mol. The summed E-state index contributed by atoms with van der Waals surface area (Å²) >= 11 is 0. The summed E-state index contributed by atoms with van der Waals surface area (Å²) in [5.41, 5.74) is 2.15. The van der Waals surface area contributed by atoms with Gasteiger partial charge < -0.3 is 15.2 Å². The van der Waals surface area contributed by atoms with Gasteiger partial charge in [0, 0.05) is 18.8 Å². The number of nitrogens with zero attached hydrogens (tertiary/aromatic N) is 1. The normalized spacial score (nSPS) is 11.5. The van der Waals surface area contributed by atoms with Gasteiger partial charge in [-0.2, -0.15) is 0 Å². The Morgan fingerprint density at radius 1 is 1.21 bits per heavy atom. The molecule has 2 N–H and O–H groups in total. The zero-order valence-corrected chi connectivity index (χ0v) is 14.3. The maximum Gasteiger partial charge on any atom is 0.412 e. The summed E-state index contributed by atoms with van der Waals surface area (Å²) < 4.78 is 5.19. The molecule has 0 unspecified atom stereocenters. The number of rotatable bonds is 3. The molecule has 2 aromatic carbocycles. The minimum absolute atomic E-state index is 0.179. The summed E-state index contributed by atoms with van der Waals surface area (Å²) in [6, 6.07) is 12.3. The third kappa shape index (κ3) is 4.35. The molecule has 24 heavy (non-hydrogen) atoms. The SMILES string of the molecule is CNC(=O)Oc1ccc(N=Cc2ccccc2O)c(C(C)(C)C)c1. The quantitative estimate of drug-likeness (QED) is 0.832. The second-order valence-electron chi connectivity index (χ2n) is 6.39. The summed E-state index contributed by atoms with van der Waals surface area (Å²) in [7, 11) is 1.51. The number of carbonyl (C=O) groups is 1. The maximum absolute atomic E-state index is 11.4. The van der Waals surface area contributed by atoms with Crippen LogP contribution in [0, 0.1) is 0 Å². The van der Waals surface area contributed by atoms with Crippen molar-refractivity contribution in [2.45, 2.75) is 26.2 Å². The highest BCUT2D eigenvalue weighted by Crippen LogP contribution is 2.34.